The molecule has 3 rings (SSSR count). The van der Waals surface area contributed by atoms with Gasteiger partial charge in [-0.3, -0.25) is 0 Å². The van der Waals surface area contributed by atoms with Gasteiger partial charge in [0.1, 0.15) is 11.4 Å². The summed E-state index contributed by atoms with van der Waals surface area (Å²) < 4.78 is 34.2. The third-order valence-corrected chi connectivity index (χ3v) is 17.2. The van der Waals surface area contributed by atoms with Crippen molar-refractivity contribution in [2.24, 2.45) is 0 Å². The summed E-state index contributed by atoms with van der Waals surface area (Å²) in [4.78, 5) is 13.2. The number of ether oxygens (including phenoxy) is 2. The van der Waals surface area contributed by atoms with Gasteiger partial charge in [-0.25, -0.2) is 9.46 Å². The summed E-state index contributed by atoms with van der Waals surface area (Å²) in [6.45, 7) is 23.8. The van der Waals surface area contributed by atoms with E-state index >= 15 is 0 Å². The molecule has 0 aliphatic carbocycles. The number of hydrogen-bond donors (Lipinski definition) is 2. The molecular weight excluding hydrogens is 764 g/mol. The Morgan fingerprint density at radius 2 is 1.38 bits per heavy atom. The summed E-state index contributed by atoms with van der Waals surface area (Å²) in [6, 6.07) is 29.3. The minimum Gasteiger partial charge on any atom is -0.497 e. The average Bonchev–Trinajstić information content (AvgIpc) is 3.18. The number of carbonyl (C=O) groups is 1. The molecule has 10 nitrogen and oxygen atoms in total. The third-order valence-electron chi connectivity index (χ3n) is 10.6. The molecule has 0 aliphatic heterocycles. The fourth-order valence-electron chi connectivity index (χ4n) is 6.49. The zero-order valence-electron chi connectivity index (χ0n) is 37.1. The molecule has 0 fully saturated rings. The van der Waals surface area contributed by atoms with Crippen molar-refractivity contribution < 1.29 is 27.7 Å². The molecule has 2 unspecified atom stereocenters. The molecule has 0 saturated carbocycles. The molecule has 58 heavy (non-hydrogen) atoms. The second-order valence-corrected chi connectivity index (χ2v) is 23.1. The van der Waals surface area contributed by atoms with Gasteiger partial charge in [-0.2, -0.15) is 5.26 Å². The molecule has 3 atom stereocenters. The number of nitrogens with zero attached hydrogens (tertiary/aromatic N) is 2. The van der Waals surface area contributed by atoms with Gasteiger partial charge >= 0.3 is 6.03 Å². The molecule has 0 radical (unpaired) electrons. The number of amides is 2. The van der Waals surface area contributed by atoms with Crippen molar-refractivity contribution in [1.82, 2.24) is 15.3 Å². The van der Waals surface area contributed by atoms with E-state index in [2.05, 4.69) is 138 Å². The van der Waals surface area contributed by atoms with E-state index in [1.807, 2.05) is 30.3 Å². The van der Waals surface area contributed by atoms with Crippen molar-refractivity contribution in [2.45, 2.75) is 129 Å². The van der Waals surface area contributed by atoms with Crippen LogP contribution in [0.4, 0.5) is 4.79 Å². The largest absolute Gasteiger partial charge is 0.497 e. The van der Waals surface area contributed by atoms with Crippen LogP contribution >= 0.6 is 8.53 Å². The first-order valence-electron chi connectivity index (χ1n) is 20.9. The second kappa shape index (κ2) is 24.1. The molecule has 2 N–H and O–H groups in total. The zero-order chi connectivity index (χ0) is 42.8. The van der Waals surface area contributed by atoms with Crippen LogP contribution in [0.2, 0.25) is 18.1 Å². The summed E-state index contributed by atoms with van der Waals surface area (Å²) in [5, 5.41) is 15.1. The lowest BCUT2D eigenvalue weighted by atomic mass is 9.79. The first-order chi connectivity index (χ1) is 27.5. The van der Waals surface area contributed by atoms with Gasteiger partial charge in [0.05, 0.1) is 45.5 Å². The number of rotatable bonds is 25. The lowest BCUT2D eigenvalue weighted by Gasteiger charge is -2.41. The SMILES string of the molecule is COc1ccc(C(OC[C@@H](CNC(=O)NCCCCCCOP(OCCC#N)N(C(C)C)C(C)C)O[Si](C)(C)C(C)(C)C)(c2ccccc2)c2ccc(C)cc2)cc1. The molecular formula is C46H71N4O6PSi. The molecule has 2 amide bonds. The molecule has 3 aromatic carbocycles. The van der Waals surface area contributed by atoms with Crippen molar-refractivity contribution in [1.29, 1.82) is 5.26 Å². The number of hydrogen-bond acceptors (Lipinski definition) is 8. The van der Waals surface area contributed by atoms with Crippen molar-refractivity contribution in [2.75, 3.05) is 40.0 Å². The van der Waals surface area contributed by atoms with Crippen LogP contribution in [-0.4, -0.2) is 77.2 Å². The molecule has 0 heterocycles. The number of nitriles is 1. The number of benzene rings is 3. The summed E-state index contributed by atoms with van der Waals surface area (Å²) in [7, 11) is -1.84. The van der Waals surface area contributed by atoms with E-state index in [0.29, 0.717) is 32.7 Å². The number of aryl methyl sites for hydroxylation is 1. The van der Waals surface area contributed by atoms with Crippen LogP contribution in [0.15, 0.2) is 78.9 Å². The summed E-state index contributed by atoms with van der Waals surface area (Å²) >= 11 is 0. The Morgan fingerprint density at radius 3 is 1.95 bits per heavy atom. The van der Waals surface area contributed by atoms with Crippen LogP contribution in [0.1, 0.15) is 103 Å². The average molecular weight is 835 g/mol. The minimum atomic E-state index is -2.28. The fourth-order valence-corrected chi connectivity index (χ4v) is 9.46. The molecule has 0 spiro atoms. The standard InChI is InChI=1S/C46H71N4O6PSi/c1-36(2)50(37(3)4)57(55-33-19-30-47)54-32-18-13-12-17-31-48-44(51)49-34-43(56-58(10,11)45(6,7)8)35-53-46(39-20-15-14-16-21-39,40-24-22-38(5)23-25-40)41-26-28-42(52-9)29-27-41/h14-16,20-29,36-37,43H,12-13,17-19,31-35H2,1-11H3,(H2,48,49,51)/t43-,46?,57?/m1/s1. The number of nitrogens with one attached hydrogen (secondary N) is 2. The fraction of sp³-hybridized carbons (Fsp3) is 0.565. The minimum absolute atomic E-state index is 0.0451. The quantitative estimate of drug-likeness (QED) is 0.0375. The van der Waals surface area contributed by atoms with Crippen LogP contribution in [0.25, 0.3) is 0 Å². The van der Waals surface area contributed by atoms with Crippen molar-refractivity contribution in [3.05, 3.63) is 101 Å². The monoisotopic (exact) mass is 834 g/mol. The predicted molar refractivity (Wildman–Crippen MR) is 240 cm³/mol. The van der Waals surface area contributed by atoms with Gasteiger partial charge in [0, 0.05) is 25.2 Å². The highest BCUT2D eigenvalue weighted by Gasteiger charge is 2.42. The lowest BCUT2D eigenvalue weighted by molar-refractivity contribution is -0.0327. The number of urea groups is 1. The van der Waals surface area contributed by atoms with E-state index in [1.54, 1.807) is 7.11 Å². The number of carbonyl (C=O) groups excluding carboxylic acids is 1. The maximum Gasteiger partial charge on any atom is 0.314 e. The van der Waals surface area contributed by atoms with Gasteiger partial charge in [-0.05, 0) is 94.4 Å². The topological polar surface area (TPSA) is 114 Å². The van der Waals surface area contributed by atoms with Gasteiger partial charge in [0.15, 0.2) is 8.32 Å². The normalized spacial score (nSPS) is 14.2. The van der Waals surface area contributed by atoms with Crippen LogP contribution in [0, 0.1) is 18.3 Å². The summed E-state index contributed by atoms with van der Waals surface area (Å²) in [5.41, 5.74) is 3.15. The molecule has 0 saturated heterocycles. The van der Waals surface area contributed by atoms with E-state index < -0.39 is 28.5 Å². The van der Waals surface area contributed by atoms with E-state index in [9.17, 15) is 4.79 Å². The van der Waals surface area contributed by atoms with Crippen LogP contribution in [0.5, 0.6) is 5.75 Å². The first kappa shape index (κ1) is 49.0. The molecule has 12 heteroatoms. The number of unbranched alkanes of at least 4 members (excludes halogenated alkanes) is 3. The molecule has 0 aromatic heterocycles. The van der Waals surface area contributed by atoms with Gasteiger partial charge in [-0.1, -0.05) is 106 Å². The van der Waals surface area contributed by atoms with Crippen LogP contribution in [0.3, 0.4) is 0 Å². The predicted octanol–water partition coefficient (Wildman–Crippen LogP) is 10.9. The highest BCUT2D eigenvalue weighted by atomic mass is 31.2. The maximum absolute atomic E-state index is 13.2. The van der Waals surface area contributed by atoms with Gasteiger partial charge in [0.25, 0.3) is 8.53 Å². The Hall–Kier alpha value is -3.33. The smallest absolute Gasteiger partial charge is 0.314 e. The lowest BCUT2D eigenvalue weighted by Crippen LogP contribution is -2.50. The van der Waals surface area contributed by atoms with Crippen LogP contribution in [-0.2, 0) is 23.8 Å². The molecule has 320 valence electrons. The van der Waals surface area contributed by atoms with Crippen molar-refractivity contribution in [3.8, 4) is 11.8 Å². The molecule has 0 aliphatic rings. The summed E-state index contributed by atoms with van der Waals surface area (Å²) in [5.74, 6) is 0.765. The Balaban J connectivity index is 1.67. The summed E-state index contributed by atoms with van der Waals surface area (Å²) in [6.07, 6.45) is 3.63. The van der Waals surface area contributed by atoms with Gasteiger partial charge < -0.3 is 33.6 Å². The van der Waals surface area contributed by atoms with Crippen molar-refractivity contribution >= 4 is 22.9 Å². The highest BCUT2D eigenvalue weighted by molar-refractivity contribution is 7.44. The zero-order valence-corrected chi connectivity index (χ0v) is 39.0. The number of methoxy groups -OCH3 is 1. The molecule has 3 aromatic rings. The Morgan fingerprint density at radius 1 is 0.810 bits per heavy atom. The van der Waals surface area contributed by atoms with Gasteiger partial charge in [0.2, 0.25) is 0 Å². The van der Waals surface area contributed by atoms with Gasteiger partial charge in [-0.15, -0.1) is 0 Å². The first-order valence-corrected chi connectivity index (χ1v) is 24.9. The Bertz CT molecular complexity index is 1660. The Kier molecular flexibility index (Phi) is 20.3. The van der Waals surface area contributed by atoms with Crippen molar-refractivity contribution in [3.63, 3.8) is 0 Å². The van der Waals surface area contributed by atoms with E-state index in [4.69, 9.17) is 28.2 Å². The maximum atomic E-state index is 13.2. The van der Waals surface area contributed by atoms with E-state index in [0.717, 1.165) is 53.7 Å². The third kappa shape index (κ3) is 14.7. The van der Waals surface area contributed by atoms with Crippen LogP contribution < -0.4 is 15.4 Å². The molecule has 0 bridgehead atoms. The second-order valence-electron chi connectivity index (χ2n) is 16.9. The highest BCUT2D eigenvalue weighted by Crippen LogP contribution is 2.46. The van der Waals surface area contributed by atoms with E-state index in [1.165, 1.54) is 0 Å². The van der Waals surface area contributed by atoms with E-state index in [-0.39, 0.29) is 29.8 Å². The Labute approximate surface area is 352 Å².